The summed E-state index contributed by atoms with van der Waals surface area (Å²) < 4.78 is 6.99. The third kappa shape index (κ3) is 4.67. The predicted octanol–water partition coefficient (Wildman–Crippen LogP) is 2.88. The van der Waals surface area contributed by atoms with E-state index in [4.69, 9.17) is 16.3 Å². The number of aromatic amines is 1. The second kappa shape index (κ2) is 9.03. The number of ether oxygens (including phenoxy) is 1. The van der Waals surface area contributed by atoms with Gasteiger partial charge in [-0.15, -0.1) is 0 Å². The molecule has 2 aliphatic rings. The first-order chi connectivity index (χ1) is 16.0. The molecule has 9 heteroatoms. The Morgan fingerprint density at radius 1 is 1.12 bits per heavy atom. The van der Waals surface area contributed by atoms with Crippen LogP contribution in [-0.4, -0.2) is 39.7 Å². The van der Waals surface area contributed by atoms with Crippen LogP contribution in [0, 0.1) is 0 Å². The molecule has 5 rings (SSSR count). The summed E-state index contributed by atoms with van der Waals surface area (Å²) in [6.07, 6.45) is 7.72. The van der Waals surface area contributed by atoms with Gasteiger partial charge in [0.05, 0.1) is 10.7 Å². The van der Waals surface area contributed by atoms with Crippen molar-refractivity contribution < 1.29 is 4.74 Å². The van der Waals surface area contributed by atoms with Gasteiger partial charge < -0.3 is 19.9 Å². The number of nitrogens with one attached hydrogen (secondary N) is 2. The number of rotatable bonds is 5. The fourth-order valence-corrected chi connectivity index (χ4v) is 4.89. The number of nitrogens with zero attached hydrogens (tertiary/aromatic N) is 3. The van der Waals surface area contributed by atoms with Crippen LogP contribution in [0.1, 0.15) is 31.4 Å². The van der Waals surface area contributed by atoms with Gasteiger partial charge >= 0.3 is 0 Å². The lowest BCUT2D eigenvalue weighted by Gasteiger charge is -2.41. The van der Waals surface area contributed by atoms with E-state index in [1.807, 2.05) is 6.07 Å². The molecule has 1 spiro atoms. The molecule has 0 amide bonds. The first-order valence-electron chi connectivity index (χ1n) is 11.2. The number of piperidine rings is 1. The third-order valence-corrected chi connectivity index (χ3v) is 6.67. The molecule has 2 aliphatic heterocycles. The van der Waals surface area contributed by atoms with Gasteiger partial charge in [-0.05, 0) is 62.6 Å². The van der Waals surface area contributed by atoms with Gasteiger partial charge in [0.25, 0.3) is 11.1 Å². The summed E-state index contributed by atoms with van der Waals surface area (Å²) in [5.41, 5.74) is 0.486. The van der Waals surface area contributed by atoms with Gasteiger partial charge in [0.1, 0.15) is 23.9 Å². The zero-order valence-corrected chi connectivity index (χ0v) is 19.0. The summed E-state index contributed by atoms with van der Waals surface area (Å²) in [5.74, 6) is 1.20. The molecule has 1 unspecified atom stereocenters. The predicted molar refractivity (Wildman–Crippen MR) is 128 cm³/mol. The van der Waals surface area contributed by atoms with Gasteiger partial charge in [0.15, 0.2) is 0 Å². The molecule has 2 fully saturated rings. The summed E-state index contributed by atoms with van der Waals surface area (Å²) in [5, 5.41) is 4.21. The highest BCUT2D eigenvalue weighted by Crippen LogP contribution is 2.31. The summed E-state index contributed by atoms with van der Waals surface area (Å²) in [4.78, 5) is 34.9. The van der Waals surface area contributed by atoms with Gasteiger partial charge in [-0.1, -0.05) is 11.6 Å². The van der Waals surface area contributed by atoms with Gasteiger partial charge in [-0.2, -0.15) is 0 Å². The Balaban J connectivity index is 1.31. The SMILES string of the molecule is O=c1[nH]c(N2CCCC3(CCCN3)C2)ccc1-n1ccc(OCc2ccc(Cl)cn2)cc1=O. The van der Waals surface area contributed by atoms with Crippen molar-refractivity contribution >= 4 is 17.4 Å². The molecule has 8 nitrogen and oxygen atoms in total. The Morgan fingerprint density at radius 2 is 2.00 bits per heavy atom. The van der Waals surface area contributed by atoms with E-state index in [1.54, 1.807) is 36.7 Å². The maximum atomic E-state index is 12.9. The largest absolute Gasteiger partial charge is 0.487 e. The molecule has 2 N–H and O–H groups in total. The third-order valence-electron chi connectivity index (χ3n) is 6.45. The lowest BCUT2D eigenvalue weighted by molar-refractivity contribution is 0.300. The zero-order valence-electron chi connectivity index (χ0n) is 18.2. The fourth-order valence-electron chi connectivity index (χ4n) is 4.78. The zero-order chi connectivity index (χ0) is 22.8. The molecule has 3 aromatic rings. The first-order valence-corrected chi connectivity index (χ1v) is 11.6. The monoisotopic (exact) mass is 467 g/mol. The van der Waals surface area contributed by atoms with Crippen LogP contribution < -0.4 is 26.1 Å². The van der Waals surface area contributed by atoms with Crippen molar-refractivity contribution in [1.82, 2.24) is 19.9 Å². The number of aromatic nitrogens is 3. The second-order valence-electron chi connectivity index (χ2n) is 8.72. The summed E-state index contributed by atoms with van der Waals surface area (Å²) >= 11 is 5.84. The highest BCUT2D eigenvalue weighted by Gasteiger charge is 2.37. The van der Waals surface area contributed by atoms with Gasteiger partial charge in [-0.25, -0.2) is 0 Å². The van der Waals surface area contributed by atoms with Crippen molar-refractivity contribution in [2.45, 2.75) is 37.8 Å². The molecule has 172 valence electrons. The standard InChI is InChI=1S/C24H26ClN5O3/c25-17-3-4-18(26-14-17)15-33-19-7-12-30(22(31)13-19)20-5-6-21(28-23(20)32)29-11-2-9-24(16-29)8-1-10-27-24/h3-7,12-14,27H,1-2,8-11,15-16H2,(H,28,32). The topological polar surface area (TPSA) is 92.2 Å². The lowest BCUT2D eigenvalue weighted by Crippen LogP contribution is -2.54. The maximum Gasteiger partial charge on any atom is 0.273 e. The van der Waals surface area contributed by atoms with E-state index in [0.29, 0.717) is 16.5 Å². The van der Waals surface area contributed by atoms with E-state index in [1.165, 1.54) is 29.9 Å². The molecule has 0 bridgehead atoms. The number of hydrogen-bond donors (Lipinski definition) is 2. The van der Waals surface area contributed by atoms with E-state index in [2.05, 4.69) is 20.2 Å². The first kappa shape index (κ1) is 21.7. The number of pyridine rings is 3. The molecule has 3 aromatic heterocycles. The molecular formula is C24H26ClN5O3. The average molecular weight is 468 g/mol. The molecule has 0 aromatic carbocycles. The number of anilines is 1. The molecular weight excluding hydrogens is 442 g/mol. The van der Waals surface area contributed by atoms with Crippen molar-refractivity contribution in [1.29, 1.82) is 0 Å². The van der Waals surface area contributed by atoms with Crippen LogP contribution >= 0.6 is 11.6 Å². The summed E-state index contributed by atoms with van der Waals surface area (Å²) in [6.45, 7) is 3.06. The Morgan fingerprint density at radius 3 is 2.73 bits per heavy atom. The van der Waals surface area contributed by atoms with Crippen LogP contribution in [0.3, 0.4) is 0 Å². The van der Waals surface area contributed by atoms with E-state index in [0.717, 1.165) is 31.9 Å². The van der Waals surface area contributed by atoms with Crippen LogP contribution in [0.2, 0.25) is 5.02 Å². The normalized spacial score (nSPS) is 20.3. The molecule has 5 heterocycles. The lowest BCUT2D eigenvalue weighted by atomic mass is 9.87. The molecule has 0 aliphatic carbocycles. The highest BCUT2D eigenvalue weighted by molar-refractivity contribution is 6.30. The fraction of sp³-hybridized carbons (Fsp3) is 0.375. The number of hydrogen-bond acceptors (Lipinski definition) is 6. The van der Waals surface area contributed by atoms with Gasteiger partial charge in [-0.3, -0.25) is 19.1 Å². The second-order valence-corrected chi connectivity index (χ2v) is 9.16. The van der Waals surface area contributed by atoms with Crippen molar-refractivity contribution in [3.63, 3.8) is 0 Å². The molecule has 2 saturated heterocycles. The van der Waals surface area contributed by atoms with Crippen molar-refractivity contribution in [2.75, 3.05) is 24.5 Å². The minimum atomic E-state index is -0.345. The Labute approximate surface area is 196 Å². The van der Waals surface area contributed by atoms with E-state index >= 15 is 0 Å². The Hall–Kier alpha value is -3.10. The quantitative estimate of drug-likeness (QED) is 0.599. The Kier molecular flexibility index (Phi) is 5.95. The molecule has 0 radical (unpaired) electrons. The highest BCUT2D eigenvalue weighted by atomic mass is 35.5. The van der Waals surface area contributed by atoms with E-state index in [9.17, 15) is 9.59 Å². The van der Waals surface area contributed by atoms with Gasteiger partial charge in [0.2, 0.25) is 0 Å². The summed E-state index contributed by atoms with van der Waals surface area (Å²) in [6, 6.07) is 10.1. The summed E-state index contributed by atoms with van der Waals surface area (Å²) in [7, 11) is 0. The van der Waals surface area contributed by atoms with E-state index in [-0.39, 0.29) is 29.0 Å². The van der Waals surface area contributed by atoms with Crippen LogP contribution in [0.4, 0.5) is 5.82 Å². The molecule has 33 heavy (non-hydrogen) atoms. The number of H-pyrrole nitrogens is 1. The van der Waals surface area contributed by atoms with Crippen molar-refractivity contribution in [3.8, 4) is 11.4 Å². The van der Waals surface area contributed by atoms with Crippen LogP contribution in [0.25, 0.3) is 5.69 Å². The molecule has 0 saturated carbocycles. The maximum absolute atomic E-state index is 12.9. The number of halogens is 1. The van der Waals surface area contributed by atoms with Crippen LogP contribution in [0.15, 0.2) is 58.4 Å². The minimum Gasteiger partial charge on any atom is -0.487 e. The molecule has 1 atom stereocenters. The minimum absolute atomic E-state index is 0.155. The van der Waals surface area contributed by atoms with Crippen LogP contribution in [0.5, 0.6) is 5.75 Å². The Bertz CT molecular complexity index is 1250. The van der Waals surface area contributed by atoms with Gasteiger partial charge in [0, 0.05) is 37.1 Å². The van der Waals surface area contributed by atoms with Crippen molar-refractivity contribution in [2.24, 2.45) is 0 Å². The van der Waals surface area contributed by atoms with Crippen LogP contribution in [-0.2, 0) is 6.61 Å². The van der Waals surface area contributed by atoms with E-state index < -0.39 is 0 Å². The average Bonchev–Trinajstić information content (AvgIpc) is 3.26. The smallest absolute Gasteiger partial charge is 0.273 e. The van der Waals surface area contributed by atoms with Crippen molar-refractivity contribution in [3.05, 3.63) is 80.2 Å².